The molecule has 3 N–H and O–H groups in total. The van der Waals surface area contributed by atoms with Crippen molar-refractivity contribution in [2.24, 2.45) is 5.73 Å². The number of Topliss-reactive ketones (excluding diaryl/α,β-unsaturated/α-hetero) is 1. The van der Waals surface area contributed by atoms with Crippen LogP contribution in [0.15, 0.2) is 24.3 Å². The summed E-state index contributed by atoms with van der Waals surface area (Å²) in [5.74, 6) is -2.16. The van der Waals surface area contributed by atoms with Gasteiger partial charge < -0.3 is 10.8 Å². The lowest BCUT2D eigenvalue weighted by molar-refractivity contribution is -0.138. The fraction of sp³-hybridized carbons (Fsp3) is 0.154. The Morgan fingerprint density at radius 1 is 1.28 bits per heavy atom. The molecule has 5 heteroatoms. The van der Waals surface area contributed by atoms with Crippen LogP contribution < -0.4 is 5.73 Å². The smallest absolute Gasteiger partial charge is 0.320 e. The molecule has 0 heterocycles. The number of carboxylic acids is 1. The molecule has 1 aromatic carbocycles. The van der Waals surface area contributed by atoms with E-state index in [0.717, 1.165) is 5.56 Å². The maximum Gasteiger partial charge on any atom is 0.320 e. The number of carboxylic acid groups (broad SMARTS) is 1. The van der Waals surface area contributed by atoms with E-state index in [-0.39, 0.29) is 6.42 Å². The summed E-state index contributed by atoms with van der Waals surface area (Å²) in [6.45, 7) is 0. The molecule has 0 bridgehead atoms. The second-order valence-corrected chi connectivity index (χ2v) is 4.10. The molecule has 0 saturated carbocycles. The number of hydrogen-bond donors (Lipinski definition) is 2. The second kappa shape index (κ2) is 4.54. The quantitative estimate of drug-likeness (QED) is 0.752. The van der Waals surface area contributed by atoms with Gasteiger partial charge in [0.15, 0.2) is 0 Å². The first-order valence-electron chi connectivity index (χ1n) is 5.37. The number of rotatable bonds is 3. The van der Waals surface area contributed by atoms with Gasteiger partial charge in [-0.15, -0.1) is 0 Å². The zero-order chi connectivity index (χ0) is 13.3. The van der Waals surface area contributed by atoms with Gasteiger partial charge in [-0.25, -0.2) is 0 Å². The third-order valence-corrected chi connectivity index (χ3v) is 2.77. The summed E-state index contributed by atoms with van der Waals surface area (Å²) in [5.41, 5.74) is 7.12. The van der Waals surface area contributed by atoms with Gasteiger partial charge in [0.05, 0.1) is 0 Å². The Morgan fingerprint density at radius 2 is 2.00 bits per heavy atom. The van der Waals surface area contributed by atoms with Crippen molar-refractivity contribution in [3.63, 3.8) is 0 Å². The monoisotopic (exact) mass is 245 g/mol. The Kier molecular flexibility index (Phi) is 3.08. The topological polar surface area (TPSA) is 97.5 Å². The Hall–Kier alpha value is -2.27. The van der Waals surface area contributed by atoms with E-state index in [0.29, 0.717) is 11.1 Å². The predicted molar refractivity (Wildman–Crippen MR) is 64.1 cm³/mol. The van der Waals surface area contributed by atoms with Crippen molar-refractivity contribution in [1.82, 2.24) is 0 Å². The Labute approximate surface area is 103 Å². The van der Waals surface area contributed by atoms with Crippen molar-refractivity contribution >= 4 is 23.6 Å². The van der Waals surface area contributed by atoms with Crippen LogP contribution in [0.1, 0.15) is 21.5 Å². The van der Waals surface area contributed by atoms with Crippen LogP contribution in [0, 0.1) is 0 Å². The van der Waals surface area contributed by atoms with Crippen LogP contribution in [0.4, 0.5) is 0 Å². The zero-order valence-corrected chi connectivity index (χ0v) is 9.42. The second-order valence-electron chi connectivity index (χ2n) is 4.10. The molecular weight excluding hydrogens is 234 g/mol. The zero-order valence-electron chi connectivity index (χ0n) is 9.42. The highest BCUT2D eigenvalue weighted by Crippen LogP contribution is 2.19. The third-order valence-electron chi connectivity index (χ3n) is 2.77. The lowest BCUT2D eigenvalue weighted by Gasteiger charge is -2.11. The largest absolute Gasteiger partial charge is 0.480 e. The summed E-state index contributed by atoms with van der Waals surface area (Å²) in [6.07, 6.45) is 2.94. The van der Waals surface area contributed by atoms with Crippen molar-refractivity contribution < 1.29 is 19.5 Å². The molecule has 1 aliphatic carbocycles. The fourth-order valence-electron chi connectivity index (χ4n) is 1.80. The van der Waals surface area contributed by atoms with Crippen LogP contribution in [0.3, 0.4) is 0 Å². The van der Waals surface area contributed by atoms with E-state index in [1.165, 1.54) is 12.1 Å². The number of allylic oxidation sites excluding steroid dienone is 1. The van der Waals surface area contributed by atoms with Gasteiger partial charge in [0.25, 0.3) is 0 Å². The van der Waals surface area contributed by atoms with Crippen molar-refractivity contribution in [3.8, 4) is 0 Å². The summed E-state index contributed by atoms with van der Waals surface area (Å²) >= 11 is 0. The van der Waals surface area contributed by atoms with Gasteiger partial charge in [-0.2, -0.15) is 0 Å². The highest BCUT2D eigenvalue weighted by Gasteiger charge is 2.21. The van der Waals surface area contributed by atoms with Gasteiger partial charge in [0.2, 0.25) is 11.6 Å². The number of carbonyl (C=O) groups excluding carboxylic acids is 2. The van der Waals surface area contributed by atoms with E-state index in [2.05, 4.69) is 0 Å². The maximum absolute atomic E-state index is 11.5. The number of carbonyl (C=O) groups is 3. The van der Waals surface area contributed by atoms with Gasteiger partial charge in [0, 0.05) is 5.56 Å². The van der Waals surface area contributed by atoms with Crippen molar-refractivity contribution in [2.45, 2.75) is 12.5 Å². The molecule has 0 aliphatic heterocycles. The number of aliphatic carboxylic acids is 1. The van der Waals surface area contributed by atoms with Crippen LogP contribution in [-0.4, -0.2) is 28.7 Å². The van der Waals surface area contributed by atoms with Crippen molar-refractivity contribution in [3.05, 3.63) is 41.0 Å². The highest BCUT2D eigenvalue weighted by molar-refractivity contribution is 6.49. The van der Waals surface area contributed by atoms with E-state index in [4.69, 9.17) is 10.8 Å². The van der Waals surface area contributed by atoms with Crippen LogP contribution in [0.25, 0.3) is 6.08 Å². The molecule has 0 saturated heterocycles. The van der Waals surface area contributed by atoms with Crippen molar-refractivity contribution in [1.29, 1.82) is 0 Å². The minimum absolute atomic E-state index is 0.179. The number of ketones is 2. The number of nitrogens with two attached hydrogens (primary N) is 1. The maximum atomic E-state index is 11.5. The lowest BCUT2D eigenvalue weighted by Crippen LogP contribution is -2.32. The van der Waals surface area contributed by atoms with E-state index in [9.17, 15) is 14.4 Å². The predicted octanol–water partition coefficient (Wildman–Crippen LogP) is 0.420. The van der Waals surface area contributed by atoms with Gasteiger partial charge >= 0.3 is 5.97 Å². The molecule has 0 radical (unpaired) electrons. The molecule has 1 atom stereocenters. The number of hydrogen-bond acceptors (Lipinski definition) is 4. The number of fused-ring (bicyclic) bond motifs is 1. The van der Waals surface area contributed by atoms with E-state index in [1.54, 1.807) is 18.2 Å². The van der Waals surface area contributed by atoms with Gasteiger partial charge in [-0.05, 0) is 23.6 Å². The fourth-order valence-corrected chi connectivity index (χ4v) is 1.80. The normalized spacial score (nSPS) is 15.4. The van der Waals surface area contributed by atoms with Crippen LogP contribution in [0.2, 0.25) is 0 Å². The molecule has 18 heavy (non-hydrogen) atoms. The van der Waals surface area contributed by atoms with Gasteiger partial charge in [-0.3, -0.25) is 14.4 Å². The number of benzene rings is 1. The minimum Gasteiger partial charge on any atom is -0.480 e. The molecular formula is C13H11NO4. The molecule has 5 nitrogen and oxygen atoms in total. The Balaban J connectivity index is 2.30. The average molecular weight is 245 g/mol. The van der Waals surface area contributed by atoms with Gasteiger partial charge in [-0.1, -0.05) is 24.3 Å². The Bertz CT molecular complexity index is 574. The summed E-state index contributed by atoms with van der Waals surface area (Å²) in [7, 11) is 0. The summed E-state index contributed by atoms with van der Waals surface area (Å²) in [4.78, 5) is 33.4. The van der Waals surface area contributed by atoms with Crippen molar-refractivity contribution in [2.75, 3.05) is 0 Å². The van der Waals surface area contributed by atoms with E-state index in [1.807, 2.05) is 0 Å². The molecule has 0 spiro atoms. The first-order valence-corrected chi connectivity index (χ1v) is 5.37. The molecule has 1 unspecified atom stereocenters. The van der Waals surface area contributed by atoms with Crippen LogP contribution in [-0.2, 0) is 16.0 Å². The standard InChI is InChI=1S/C13H11NO4/c14-10(13(17)18)6-7-1-3-9-8(5-7)2-4-11(15)12(9)16/h1-5,10H,6,14H2,(H,17,18). The molecule has 0 aromatic heterocycles. The summed E-state index contributed by atoms with van der Waals surface area (Å²) < 4.78 is 0. The first-order chi connectivity index (χ1) is 8.49. The summed E-state index contributed by atoms with van der Waals surface area (Å²) in [5, 5.41) is 8.72. The van der Waals surface area contributed by atoms with Crippen LogP contribution in [0.5, 0.6) is 0 Å². The molecule has 0 fully saturated rings. The molecule has 1 aliphatic rings. The third kappa shape index (κ3) is 2.21. The van der Waals surface area contributed by atoms with E-state index >= 15 is 0 Å². The van der Waals surface area contributed by atoms with Crippen LogP contribution >= 0.6 is 0 Å². The first kappa shape index (κ1) is 12.2. The molecule has 2 rings (SSSR count). The molecule has 0 amide bonds. The minimum atomic E-state index is -1.07. The molecule has 92 valence electrons. The van der Waals surface area contributed by atoms with E-state index < -0.39 is 23.6 Å². The SMILES string of the molecule is NC(Cc1ccc2c(c1)C=CC(=O)C2=O)C(=O)O. The highest BCUT2D eigenvalue weighted by atomic mass is 16.4. The summed E-state index contributed by atoms with van der Waals surface area (Å²) in [6, 6.07) is 3.85. The molecule has 1 aromatic rings. The lowest BCUT2D eigenvalue weighted by atomic mass is 9.92. The Morgan fingerprint density at radius 3 is 2.67 bits per heavy atom. The van der Waals surface area contributed by atoms with Gasteiger partial charge in [0.1, 0.15) is 6.04 Å². The average Bonchev–Trinajstić information content (AvgIpc) is 2.34.